The molecule has 1 aromatic heterocycles. The van der Waals surface area contributed by atoms with Crippen molar-refractivity contribution in [1.29, 1.82) is 0 Å². The Labute approximate surface area is 78.5 Å². The molecule has 1 aliphatic heterocycles. The van der Waals surface area contributed by atoms with Crippen LogP contribution in [0.1, 0.15) is 5.82 Å². The molecule has 0 spiro atoms. The van der Waals surface area contributed by atoms with Crippen molar-refractivity contribution in [2.24, 2.45) is 0 Å². The van der Waals surface area contributed by atoms with Gasteiger partial charge in [0.15, 0.2) is 5.82 Å². The van der Waals surface area contributed by atoms with Crippen molar-refractivity contribution in [3.05, 3.63) is 29.8 Å². The smallest absolute Gasteiger partial charge is 0.175 e. The second kappa shape index (κ2) is 2.50. The molecule has 3 rings (SSSR count). The number of aromatic nitrogens is 4. The van der Waals surface area contributed by atoms with Crippen LogP contribution in [-0.4, -0.2) is 20.2 Å². The van der Waals surface area contributed by atoms with Gasteiger partial charge >= 0.3 is 0 Å². The second-order valence-corrected chi connectivity index (χ2v) is 2.99. The molecule has 0 unspecified atom stereocenters. The predicted molar refractivity (Wildman–Crippen MR) is 46.4 cm³/mol. The molecule has 1 aromatic carbocycles. The van der Waals surface area contributed by atoms with Crippen molar-refractivity contribution >= 4 is 5.69 Å². The number of anilines is 1. The molecular formula is C8H6FN5. The zero-order chi connectivity index (χ0) is 9.54. The summed E-state index contributed by atoms with van der Waals surface area (Å²) in [5.41, 5.74) is 1.10. The lowest BCUT2D eigenvalue weighted by atomic mass is 10.2. The number of hydrogen-bond donors (Lipinski definition) is 1. The number of tetrazole rings is 1. The first-order valence-electron chi connectivity index (χ1n) is 4.16. The van der Waals surface area contributed by atoms with Gasteiger partial charge in [-0.2, -0.15) is 4.68 Å². The number of halogens is 1. The Morgan fingerprint density at radius 2 is 2.36 bits per heavy atom. The molecule has 0 saturated carbocycles. The first-order valence-corrected chi connectivity index (χ1v) is 4.16. The first kappa shape index (κ1) is 7.43. The van der Waals surface area contributed by atoms with E-state index in [9.17, 15) is 4.39 Å². The highest BCUT2D eigenvalue weighted by Crippen LogP contribution is 2.27. The van der Waals surface area contributed by atoms with Crippen LogP contribution in [0.4, 0.5) is 10.1 Å². The molecule has 0 atom stereocenters. The summed E-state index contributed by atoms with van der Waals surface area (Å²) in [6.45, 7) is 0.445. The van der Waals surface area contributed by atoms with Crippen molar-refractivity contribution in [2.45, 2.75) is 6.54 Å². The van der Waals surface area contributed by atoms with Crippen molar-refractivity contribution < 1.29 is 4.39 Å². The maximum atomic E-state index is 13.3. The molecular weight excluding hydrogens is 185 g/mol. The highest BCUT2D eigenvalue weighted by atomic mass is 19.1. The minimum absolute atomic E-state index is 0.288. The largest absolute Gasteiger partial charge is 0.374 e. The molecule has 0 saturated heterocycles. The van der Waals surface area contributed by atoms with Gasteiger partial charge in [0.2, 0.25) is 0 Å². The molecule has 1 N–H and O–H groups in total. The van der Waals surface area contributed by atoms with E-state index in [1.54, 1.807) is 12.1 Å². The predicted octanol–water partition coefficient (Wildman–Crippen LogP) is 0.727. The molecule has 0 fully saturated rings. The van der Waals surface area contributed by atoms with E-state index in [1.165, 1.54) is 10.7 Å². The summed E-state index contributed by atoms with van der Waals surface area (Å²) in [5, 5.41) is 14.1. The van der Waals surface area contributed by atoms with Gasteiger partial charge in [0.05, 0.1) is 17.9 Å². The number of fused-ring (bicyclic) bond motifs is 3. The summed E-state index contributed by atoms with van der Waals surface area (Å²) in [4.78, 5) is 0. The first-order chi connectivity index (χ1) is 6.86. The monoisotopic (exact) mass is 191 g/mol. The average Bonchev–Trinajstić information content (AvgIpc) is 2.66. The van der Waals surface area contributed by atoms with Gasteiger partial charge in [0.25, 0.3) is 0 Å². The van der Waals surface area contributed by atoms with Gasteiger partial charge in [-0.3, -0.25) is 0 Å². The lowest BCUT2D eigenvalue weighted by Gasteiger charge is -2.17. The Balaban J connectivity index is 2.31. The summed E-state index contributed by atoms with van der Waals surface area (Å²) in [7, 11) is 0. The van der Waals surface area contributed by atoms with Crippen LogP contribution in [0.2, 0.25) is 0 Å². The number of para-hydroxylation sites is 1. The quantitative estimate of drug-likeness (QED) is 0.666. The van der Waals surface area contributed by atoms with Gasteiger partial charge in [-0.05, 0) is 22.6 Å². The molecule has 2 aromatic rings. The van der Waals surface area contributed by atoms with Crippen LogP contribution in [0.3, 0.4) is 0 Å². The van der Waals surface area contributed by atoms with E-state index in [0.717, 1.165) is 0 Å². The average molecular weight is 191 g/mol. The van der Waals surface area contributed by atoms with Crippen LogP contribution in [0.15, 0.2) is 18.2 Å². The van der Waals surface area contributed by atoms with Gasteiger partial charge in [-0.15, -0.1) is 5.10 Å². The van der Waals surface area contributed by atoms with Crippen LogP contribution in [0.5, 0.6) is 0 Å². The normalized spacial score (nSPS) is 12.9. The van der Waals surface area contributed by atoms with E-state index in [4.69, 9.17) is 0 Å². The molecule has 14 heavy (non-hydrogen) atoms. The van der Waals surface area contributed by atoms with Crippen LogP contribution in [0, 0.1) is 5.82 Å². The topological polar surface area (TPSA) is 55.6 Å². The lowest BCUT2D eigenvalue weighted by Crippen LogP contribution is -2.17. The minimum Gasteiger partial charge on any atom is -0.374 e. The second-order valence-electron chi connectivity index (χ2n) is 2.99. The standard InChI is InChI=1S/C8H6FN5/c9-5-2-1-3-6-8(5)10-4-7-11-12-13-14(6)7/h1-3,10H,4H2. The van der Waals surface area contributed by atoms with E-state index >= 15 is 0 Å². The molecule has 0 amide bonds. The van der Waals surface area contributed by atoms with E-state index in [-0.39, 0.29) is 5.82 Å². The lowest BCUT2D eigenvalue weighted by molar-refractivity contribution is 0.622. The van der Waals surface area contributed by atoms with Gasteiger partial charge in [0, 0.05) is 0 Å². The summed E-state index contributed by atoms with van der Waals surface area (Å²) >= 11 is 0. The third kappa shape index (κ3) is 0.847. The van der Waals surface area contributed by atoms with Crippen molar-refractivity contribution in [1.82, 2.24) is 20.2 Å². The third-order valence-corrected chi connectivity index (χ3v) is 2.18. The van der Waals surface area contributed by atoms with Gasteiger partial charge in [-0.25, -0.2) is 4.39 Å². The van der Waals surface area contributed by atoms with E-state index in [1.807, 2.05) is 0 Å². The zero-order valence-electron chi connectivity index (χ0n) is 7.11. The van der Waals surface area contributed by atoms with Crippen molar-refractivity contribution in [3.63, 3.8) is 0 Å². The molecule has 5 nitrogen and oxygen atoms in total. The Morgan fingerprint density at radius 1 is 1.43 bits per heavy atom. The van der Waals surface area contributed by atoms with Crippen LogP contribution in [0.25, 0.3) is 5.69 Å². The Hall–Kier alpha value is -1.98. The molecule has 70 valence electrons. The fourth-order valence-electron chi connectivity index (χ4n) is 1.53. The maximum absolute atomic E-state index is 13.3. The number of benzene rings is 1. The van der Waals surface area contributed by atoms with Gasteiger partial charge in [0.1, 0.15) is 5.82 Å². The molecule has 1 aliphatic rings. The fourth-order valence-corrected chi connectivity index (χ4v) is 1.53. The highest BCUT2D eigenvalue weighted by molar-refractivity contribution is 5.63. The minimum atomic E-state index is -0.288. The van der Waals surface area contributed by atoms with Crippen molar-refractivity contribution in [3.8, 4) is 5.69 Å². The fraction of sp³-hybridized carbons (Fsp3) is 0.125. The van der Waals surface area contributed by atoms with Crippen LogP contribution in [-0.2, 0) is 6.54 Å². The summed E-state index contributed by atoms with van der Waals surface area (Å²) in [6.07, 6.45) is 0. The number of rotatable bonds is 0. The van der Waals surface area contributed by atoms with E-state index in [2.05, 4.69) is 20.8 Å². The molecule has 0 aliphatic carbocycles. The van der Waals surface area contributed by atoms with Gasteiger partial charge in [-0.1, -0.05) is 6.07 Å². The maximum Gasteiger partial charge on any atom is 0.175 e. The van der Waals surface area contributed by atoms with E-state index in [0.29, 0.717) is 23.7 Å². The Kier molecular flexibility index (Phi) is 1.33. The molecule has 0 radical (unpaired) electrons. The third-order valence-electron chi connectivity index (χ3n) is 2.18. The summed E-state index contributed by atoms with van der Waals surface area (Å²) in [6, 6.07) is 4.80. The van der Waals surface area contributed by atoms with Crippen molar-refractivity contribution in [2.75, 3.05) is 5.32 Å². The summed E-state index contributed by atoms with van der Waals surface area (Å²) in [5.74, 6) is 0.395. The zero-order valence-corrected chi connectivity index (χ0v) is 7.11. The molecule has 0 bridgehead atoms. The molecule has 6 heteroatoms. The number of nitrogens with zero attached hydrogens (tertiary/aromatic N) is 4. The molecule has 2 heterocycles. The highest BCUT2D eigenvalue weighted by Gasteiger charge is 2.19. The Morgan fingerprint density at radius 3 is 3.29 bits per heavy atom. The number of hydrogen-bond acceptors (Lipinski definition) is 4. The van der Waals surface area contributed by atoms with Crippen LogP contribution < -0.4 is 5.32 Å². The summed E-state index contributed by atoms with van der Waals surface area (Å²) < 4.78 is 14.9. The number of nitrogens with one attached hydrogen (secondary N) is 1. The van der Waals surface area contributed by atoms with Crippen LogP contribution >= 0.6 is 0 Å². The van der Waals surface area contributed by atoms with E-state index < -0.39 is 0 Å². The Bertz CT molecular complexity index is 492. The SMILES string of the molecule is Fc1cccc2c1NCc1nnnn1-2. The van der Waals surface area contributed by atoms with Gasteiger partial charge < -0.3 is 5.32 Å².